The van der Waals surface area contributed by atoms with Crippen LogP contribution in [0.1, 0.15) is 34.9 Å². The van der Waals surface area contributed by atoms with Crippen LogP contribution in [-0.4, -0.2) is 43.6 Å². The lowest BCUT2D eigenvalue weighted by Gasteiger charge is -2.32. The maximum absolute atomic E-state index is 12.7. The number of fused-ring (bicyclic) bond motifs is 1. The molecule has 4 heterocycles. The number of likely N-dealkylation sites (tertiary alicyclic amines) is 1. The number of hydrogen-bond acceptors (Lipinski definition) is 4. The van der Waals surface area contributed by atoms with Crippen LogP contribution in [0.2, 0.25) is 0 Å². The van der Waals surface area contributed by atoms with Crippen LogP contribution in [0.4, 0.5) is 0 Å². The number of piperidine rings is 1. The van der Waals surface area contributed by atoms with Gasteiger partial charge >= 0.3 is 0 Å². The minimum absolute atomic E-state index is 0.0404. The van der Waals surface area contributed by atoms with Crippen LogP contribution < -0.4 is 0 Å². The minimum atomic E-state index is 0.0404. The summed E-state index contributed by atoms with van der Waals surface area (Å²) >= 11 is 0. The molecule has 3 aromatic rings. The van der Waals surface area contributed by atoms with Crippen LogP contribution in [0, 0.1) is 0 Å². The summed E-state index contributed by atoms with van der Waals surface area (Å²) in [4.78, 5) is 23.6. The zero-order valence-electron chi connectivity index (χ0n) is 13.6. The number of rotatable bonds is 2. The molecular formula is C18H19N5O. The molecule has 6 heteroatoms. The first kappa shape index (κ1) is 14.8. The highest BCUT2D eigenvalue weighted by Crippen LogP contribution is 2.27. The second-order valence-corrected chi connectivity index (χ2v) is 6.24. The van der Waals surface area contributed by atoms with E-state index in [0.717, 1.165) is 36.0 Å². The summed E-state index contributed by atoms with van der Waals surface area (Å²) in [6.45, 7) is 1.47. The summed E-state index contributed by atoms with van der Waals surface area (Å²) in [6, 6.07) is 7.75. The number of amides is 1. The van der Waals surface area contributed by atoms with Crippen molar-refractivity contribution in [2.75, 3.05) is 13.1 Å². The Morgan fingerprint density at radius 2 is 2.17 bits per heavy atom. The van der Waals surface area contributed by atoms with Gasteiger partial charge in [0.15, 0.2) is 0 Å². The summed E-state index contributed by atoms with van der Waals surface area (Å²) in [5.41, 5.74) is 2.60. The molecular weight excluding hydrogens is 302 g/mol. The van der Waals surface area contributed by atoms with Gasteiger partial charge in [-0.3, -0.25) is 19.4 Å². The van der Waals surface area contributed by atoms with E-state index in [0.29, 0.717) is 12.2 Å². The van der Waals surface area contributed by atoms with E-state index in [1.54, 1.807) is 30.2 Å². The molecule has 1 atom stereocenters. The Bertz CT molecular complexity index is 888. The van der Waals surface area contributed by atoms with Crippen molar-refractivity contribution in [2.24, 2.45) is 7.05 Å². The van der Waals surface area contributed by atoms with Crippen LogP contribution in [0.5, 0.6) is 0 Å². The van der Waals surface area contributed by atoms with Crippen molar-refractivity contribution in [1.29, 1.82) is 0 Å². The second-order valence-electron chi connectivity index (χ2n) is 6.24. The number of aromatic nitrogens is 4. The maximum atomic E-state index is 12.7. The second kappa shape index (κ2) is 6.03. The summed E-state index contributed by atoms with van der Waals surface area (Å²) in [5.74, 6) is 0.293. The zero-order chi connectivity index (χ0) is 16.5. The molecule has 1 aliphatic rings. The third kappa shape index (κ3) is 2.64. The zero-order valence-corrected chi connectivity index (χ0v) is 13.6. The van der Waals surface area contributed by atoms with Crippen LogP contribution in [0.3, 0.4) is 0 Å². The molecule has 1 amide bonds. The third-order valence-corrected chi connectivity index (χ3v) is 4.68. The quantitative estimate of drug-likeness (QED) is 0.727. The Hall–Kier alpha value is -2.76. The Balaban J connectivity index is 1.57. The van der Waals surface area contributed by atoms with E-state index in [9.17, 15) is 4.79 Å². The minimum Gasteiger partial charge on any atom is -0.337 e. The normalized spacial score (nSPS) is 18.0. The molecule has 3 aromatic heterocycles. The average Bonchev–Trinajstić information content (AvgIpc) is 3.07. The van der Waals surface area contributed by atoms with E-state index < -0.39 is 0 Å². The average molecular weight is 321 g/mol. The molecule has 0 spiro atoms. The van der Waals surface area contributed by atoms with E-state index in [1.807, 2.05) is 23.2 Å². The lowest BCUT2D eigenvalue weighted by atomic mass is 9.93. The Morgan fingerprint density at radius 1 is 1.25 bits per heavy atom. The van der Waals surface area contributed by atoms with Crippen LogP contribution >= 0.6 is 0 Å². The number of carbonyl (C=O) groups excluding carboxylic acids is 1. The molecule has 4 rings (SSSR count). The van der Waals surface area contributed by atoms with Crippen LogP contribution in [0.15, 0.2) is 42.9 Å². The van der Waals surface area contributed by atoms with Crippen LogP contribution in [-0.2, 0) is 7.05 Å². The number of pyridine rings is 2. The van der Waals surface area contributed by atoms with E-state index in [-0.39, 0.29) is 11.8 Å². The Labute approximate surface area is 140 Å². The fourth-order valence-corrected chi connectivity index (χ4v) is 3.35. The topological polar surface area (TPSA) is 63.9 Å². The fraction of sp³-hybridized carbons (Fsp3) is 0.333. The molecule has 1 aliphatic heterocycles. The van der Waals surface area contributed by atoms with Crippen molar-refractivity contribution >= 4 is 16.8 Å². The molecule has 0 bridgehead atoms. The predicted molar refractivity (Wildman–Crippen MR) is 90.6 cm³/mol. The van der Waals surface area contributed by atoms with Gasteiger partial charge in [-0.2, -0.15) is 5.10 Å². The van der Waals surface area contributed by atoms with Gasteiger partial charge in [-0.05, 0) is 37.1 Å². The van der Waals surface area contributed by atoms with Crippen molar-refractivity contribution in [3.63, 3.8) is 0 Å². The smallest absolute Gasteiger partial charge is 0.272 e. The molecule has 6 nitrogen and oxygen atoms in total. The maximum Gasteiger partial charge on any atom is 0.272 e. The largest absolute Gasteiger partial charge is 0.337 e. The molecule has 1 fully saturated rings. The van der Waals surface area contributed by atoms with E-state index in [2.05, 4.69) is 21.1 Å². The number of nitrogens with zero attached hydrogens (tertiary/aromatic N) is 5. The summed E-state index contributed by atoms with van der Waals surface area (Å²) in [5, 5.41) is 5.13. The van der Waals surface area contributed by atoms with Gasteiger partial charge in [0.25, 0.3) is 5.91 Å². The number of hydrogen-bond donors (Lipinski definition) is 0. The third-order valence-electron chi connectivity index (χ3n) is 4.68. The van der Waals surface area contributed by atoms with Gasteiger partial charge in [0.1, 0.15) is 5.69 Å². The standard InChI is InChI=1S/C18H19N5O/c1-22-17(6-8-21-22)18(24)23-9-3-5-14(12-23)16-10-15-13(11-20-16)4-2-7-19-15/h2,4,6-8,10-11,14H,3,5,9,12H2,1H3/t14-/m0/s1. The highest BCUT2D eigenvalue weighted by Gasteiger charge is 2.27. The van der Waals surface area contributed by atoms with Crippen molar-refractivity contribution in [3.8, 4) is 0 Å². The predicted octanol–water partition coefficient (Wildman–Crippen LogP) is 2.38. The fourth-order valence-electron chi connectivity index (χ4n) is 3.35. The van der Waals surface area contributed by atoms with Crippen molar-refractivity contribution in [3.05, 3.63) is 54.2 Å². The van der Waals surface area contributed by atoms with E-state index in [1.165, 1.54) is 0 Å². The number of carbonyl (C=O) groups is 1. The van der Waals surface area contributed by atoms with Gasteiger partial charge in [-0.15, -0.1) is 0 Å². The highest BCUT2D eigenvalue weighted by atomic mass is 16.2. The summed E-state index contributed by atoms with van der Waals surface area (Å²) < 4.78 is 1.63. The molecule has 0 unspecified atom stereocenters. The van der Waals surface area contributed by atoms with E-state index in [4.69, 9.17) is 0 Å². The van der Waals surface area contributed by atoms with Gasteiger partial charge in [0.05, 0.1) is 5.52 Å². The van der Waals surface area contributed by atoms with Crippen LogP contribution in [0.25, 0.3) is 10.9 Å². The molecule has 0 aliphatic carbocycles. The highest BCUT2D eigenvalue weighted by molar-refractivity contribution is 5.92. The monoisotopic (exact) mass is 321 g/mol. The lowest BCUT2D eigenvalue weighted by Crippen LogP contribution is -2.40. The molecule has 24 heavy (non-hydrogen) atoms. The molecule has 0 radical (unpaired) electrons. The molecule has 1 saturated heterocycles. The first-order valence-corrected chi connectivity index (χ1v) is 8.20. The Kier molecular flexibility index (Phi) is 3.72. The van der Waals surface area contributed by atoms with Crippen molar-refractivity contribution in [1.82, 2.24) is 24.6 Å². The molecule has 122 valence electrons. The summed E-state index contributed by atoms with van der Waals surface area (Å²) in [6.07, 6.45) is 7.35. The van der Waals surface area contributed by atoms with Gasteiger partial charge in [-0.1, -0.05) is 0 Å². The van der Waals surface area contributed by atoms with Crippen molar-refractivity contribution in [2.45, 2.75) is 18.8 Å². The van der Waals surface area contributed by atoms with Gasteiger partial charge in [0.2, 0.25) is 0 Å². The molecule has 0 aromatic carbocycles. The summed E-state index contributed by atoms with van der Waals surface area (Å²) in [7, 11) is 1.80. The van der Waals surface area contributed by atoms with Gasteiger partial charge < -0.3 is 4.90 Å². The van der Waals surface area contributed by atoms with Gasteiger partial charge in [0, 0.05) is 55.7 Å². The first-order chi connectivity index (χ1) is 11.7. The van der Waals surface area contributed by atoms with Crippen molar-refractivity contribution < 1.29 is 4.79 Å². The van der Waals surface area contributed by atoms with E-state index >= 15 is 0 Å². The SMILES string of the molecule is Cn1nccc1C(=O)N1CCC[C@H](c2cc3ncccc3cn2)C1. The first-order valence-electron chi connectivity index (χ1n) is 8.20. The number of aryl methyl sites for hydroxylation is 1. The molecule has 0 saturated carbocycles. The molecule has 0 N–H and O–H groups in total. The Morgan fingerprint density at radius 3 is 3.00 bits per heavy atom. The van der Waals surface area contributed by atoms with Gasteiger partial charge in [-0.25, -0.2) is 0 Å². The lowest BCUT2D eigenvalue weighted by molar-refractivity contribution is 0.0695.